The van der Waals surface area contributed by atoms with Gasteiger partial charge >= 0.3 is 5.97 Å². The van der Waals surface area contributed by atoms with Gasteiger partial charge in [-0.25, -0.2) is 13.2 Å². The summed E-state index contributed by atoms with van der Waals surface area (Å²) in [5.41, 5.74) is 0.978. The quantitative estimate of drug-likeness (QED) is 0.484. The molecule has 0 spiro atoms. The summed E-state index contributed by atoms with van der Waals surface area (Å²) in [6, 6.07) is 9.91. The number of nitrogens with zero attached hydrogens (tertiary/aromatic N) is 1. The molecular formula is C20H25NO5S. The summed E-state index contributed by atoms with van der Waals surface area (Å²) >= 11 is 0. The number of hydrogen-bond acceptors (Lipinski definition) is 5. The van der Waals surface area contributed by atoms with Crippen molar-refractivity contribution in [2.45, 2.75) is 38.1 Å². The summed E-state index contributed by atoms with van der Waals surface area (Å²) in [7, 11) is -3.74. The lowest BCUT2D eigenvalue weighted by Crippen LogP contribution is -2.40. The van der Waals surface area contributed by atoms with Crippen LogP contribution in [0.15, 0.2) is 64.1 Å². The van der Waals surface area contributed by atoms with Crippen LogP contribution >= 0.6 is 0 Å². The average Bonchev–Trinajstić information content (AvgIpc) is 3.12. The molecule has 0 aliphatic heterocycles. The number of rotatable bonds is 9. The molecule has 146 valence electrons. The Kier molecular flexibility index (Phi) is 7.38. The number of carbonyl (C=O) groups is 1. The van der Waals surface area contributed by atoms with E-state index in [1.807, 2.05) is 19.9 Å². The fraction of sp³-hybridized carbons (Fsp3) is 0.350. The van der Waals surface area contributed by atoms with E-state index in [2.05, 4.69) is 0 Å². The normalized spacial score (nSPS) is 13.2. The first kappa shape index (κ1) is 20.9. The third kappa shape index (κ3) is 5.80. The van der Waals surface area contributed by atoms with Crippen LogP contribution < -0.4 is 0 Å². The lowest BCUT2D eigenvalue weighted by atomic mass is 10.2. The highest BCUT2D eigenvalue weighted by molar-refractivity contribution is 7.89. The highest BCUT2D eigenvalue weighted by Gasteiger charge is 2.28. The monoisotopic (exact) mass is 391 g/mol. The zero-order valence-electron chi connectivity index (χ0n) is 15.8. The fourth-order valence-electron chi connectivity index (χ4n) is 2.63. The Morgan fingerprint density at radius 1 is 1.26 bits per heavy atom. The summed E-state index contributed by atoms with van der Waals surface area (Å²) in [6.45, 7) is 5.74. The third-order valence-corrected chi connectivity index (χ3v) is 6.02. The Balaban J connectivity index is 2.27. The number of ether oxygens (including phenoxy) is 1. The first-order valence-electron chi connectivity index (χ1n) is 8.78. The van der Waals surface area contributed by atoms with Crippen molar-refractivity contribution in [1.29, 1.82) is 0 Å². The Bertz CT molecular complexity index is 854. The van der Waals surface area contributed by atoms with Gasteiger partial charge in [-0.15, -0.1) is 0 Å². The predicted octanol–water partition coefficient (Wildman–Crippen LogP) is 3.33. The van der Waals surface area contributed by atoms with Gasteiger partial charge in [-0.2, -0.15) is 4.31 Å². The second-order valence-electron chi connectivity index (χ2n) is 6.17. The van der Waals surface area contributed by atoms with Crippen molar-refractivity contribution in [3.8, 4) is 0 Å². The van der Waals surface area contributed by atoms with Crippen molar-refractivity contribution < 1.29 is 22.4 Å². The molecule has 7 heteroatoms. The number of furan rings is 1. The van der Waals surface area contributed by atoms with E-state index in [1.165, 1.54) is 16.5 Å². The van der Waals surface area contributed by atoms with Crippen LogP contribution in [0.4, 0.5) is 0 Å². The molecule has 0 radical (unpaired) electrons. The standard InChI is InChI=1S/C20H25NO5S/c1-4-25-20(22)8-5-13-21(17(3)15-18-7-6-14-26-18)27(23,24)19-11-9-16(2)10-12-19/h5-12,14,17H,4,13,15H2,1-3H3/b8-5+. The van der Waals surface area contributed by atoms with E-state index in [-0.39, 0.29) is 24.1 Å². The molecule has 1 aromatic carbocycles. The van der Waals surface area contributed by atoms with Crippen LogP contribution in [-0.4, -0.2) is 37.9 Å². The van der Waals surface area contributed by atoms with Crippen LogP contribution in [0.1, 0.15) is 25.2 Å². The van der Waals surface area contributed by atoms with E-state index >= 15 is 0 Å². The molecule has 2 aromatic rings. The van der Waals surface area contributed by atoms with Gasteiger partial charge < -0.3 is 9.15 Å². The summed E-state index contributed by atoms with van der Waals surface area (Å²) in [6.07, 6.45) is 4.73. The maximum Gasteiger partial charge on any atom is 0.330 e. The molecule has 0 amide bonds. The topological polar surface area (TPSA) is 76.8 Å². The Hall–Kier alpha value is -2.38. The van der Waals surface area contributed by atoms with Crippen molar-refractivity contribution in [3.05, 3.63) is 66.1 Å². The number of aryl methyl sites for hydroxylation is 1. The Labute approximate surface area is 160 Å². The van der Waals surface area contributed by atoms with Crippen LogP contribution in [0.25, 0.3) is 0 Å². The van der Waals surface area contributed by atoms with E-state index in [0.29, 0.717) is 12.2 Å². The van der Waals surface area contributed by atoms with Crippen LogP contribution in [0.2, 0.25) is 0 Å². The van der Waals surface area contributed by atoms with E-state index in [0.717, 1.165) is 5.56 Å². The molecule has 2 rings (SSSR count). The van der Waals surface area contributed by atoms with Gasteiger partial charge in [0.15, 0.2) is 0 Å². The van der Waals surface area contributed by atoms with Crippen LogP contribution in [0.3, 0.4) is 0 Å². The van der Waals surface area contributed by atoms with Crippen LogP contribution in [0.5, 0.6) is 0 Å². The molecular weight excluding hydrogens is 366 g/mol. The highest BCUT2D eigenvalue weighted by atomic mass is 32.2. The van der Waals surface area contributed by atoms with Crippen molar-refractivity contribution >= 4 is 16.0 Å². The third-order valence-electron chi connectivity index (χ3n) is 4.02. The van der Waals surface area contributed by atoms with E-state index < -0.39 is 16.0 Å². The number of sulfonamides is 1. The van der Waals surface area contributed by atoms with Gasteiger partial charge in [0.25, 0.3) is 0 Å². The first-order chi connectivity index (χ1) is 12.8. The molecule has 0 aliphatic carbocycles. The van der Waals surface area contributed by atoms with Gasteiger partial charge in [-0.1, -0.05) is 23.8 Å². The second kappa shape index (κ2) is 9.53. The second-order valence-corrected chi connectivity index (χ2v) is 8.07. The molecule has 0 aliphatic rings. The largest absolute Gasteiger partial charge is 0.469 e. The van der Waals surface area contributed by atoms with Gasteiger partial charge in [0.1, 0.15) is 5.76 Å². The first-order valence-corrected chi connectivity index (χ1v) is 10.2. The maximum absolute atomic E-state index is 13.2. The molecule has 1 heterocycles. The molecule has 0 saturated heterocycles. The van der Waals surface area contributed by atoms with Crippen molar-refractivity contribution in [3.63, 3.8) is 0 Å². The molecule has 1 aromatic heterocycles. The van der Waals surface area contributed by atoms with E-state index in [9.17, 15) is 13.2 Å². The highest BCUT2D eigenvalue weighted by Crippen LogP contribution is 2.21. The minimum atomic E-state index is -3.74. The number of benzene rings is 1. The van der Waals surface area contributed by atoms with Crippen LogP contribution in [-0.2, 0) is 26.0 Å². The van der Waals surface area contributed by atoms with Gasteiger partial charge in [-0.05, 0) is 45.0 Å². The summed E-state index contributed by atoms with van der Waals surface area (Å²) in [5, 5.41) is 0. The number of hydrogen-bond donors (Lipinski definition) is 0. The average molecular weight is 391 g/mol. The molecule has 1 unspecified atom stereocenters. The van der Waals surface area contributed by atoms with Crippen molar-refractivity contribution in [1.82, 2.24) is 4.31 Å². The van der Waals surface area contributed by atoms with Gasteiger partial charge in [0.2, 0.25) is 10.0 Å². The van der Waals surface area contributed by atoms with Gasteiger partial charge in [0.05, 0.1) is 17.8 Å². The molecule has 6 nitrogen and oxygen atoms in total. The summed E-state index contributed by atoms with van der Waals surface area (Å²) in [4.78, 5) is 11.7. The van der Waals surface area contributed by atoms with Crippen molar-refractivity contribution in [2.75, 3.05) is 13.2 Å². The Morgan fingerprint density at radius 2 is 1.96 bits per heavy atom. The summed E-state index contributed by atoms with van der Waals surface area (Å²) < 4.78 is 37.9. The fourth-order valence-corrected chi connectivity index (χ4v) is 4.21. The Morgan fingerprint density at radius 3 is 2.56 bits per heavy atom. The summed E-state index contributed by atoms with van der Waals surface area (Å²) in [5.74, 6) is 0.199. The molecule has 27 heavy (non-hydrogen) atoms. The SMILES string of the molecule is CCOC(=O)/C=C/CN(C(C)Cc1ccco1)S(=O)(=O)c1ccc(C)cc1. The zero-order chi connectivity index (χ0) is 19.9. The minimum Gasteiger partial charge on any atom is -0.469 e. The zero-order valence-corrected chi connectivity index (χ0v) is 16.6. The smallest absolute Gasteiger partial charge is 0.330 e. The molecule has 0 N–H and O–H groups in total. The molecule has 0 fully saturated rings. The molecule has 0 saturated carbocycles. The van der Waals surface area contributed by atoms with Crippen LogP contribution in [0, 0.1) is 6.92 Å². The number of carbonyl (C=O) groups excluding carboxylic acids is 1. The van der Waals surface area contributed by atoms with E-state index in [1.54, 1.807) is 43.5 Å². The van der Waals surface area contributed by atoms with Crippen molar-refractivity contribution in [2.24, 2.45) is 0 Å². The van der Waals surface area contributed by atoms with E-state index in [4.69, 9.17) is 9.15 Å². The lowest BCUT2D eigenvalue weighted by Gasteiger charge is -2.27. The van der Waals surface area contributed by atoms with Gasteiger partial charge in [0, 0.05) is 25.1 Å². The molecule has 0 bridgehead atoms. The predicted molar refractivity (Wildman–Crippen MR) is 103 cm³/mol. The molecule has 1 atom stereocenters. The maximum atomic E-state index is 13.2. The lowest BCUT2D eigenvalue weighted by molar-refractivity contribution is -0.137. The number of esters is 1. The minimum absolute atomic E-state index is 0.0525. The van der Waals surface area contributed by atoms with Gasteiger partial charge in [-0.3, -0.25) is 0 Å².